The minimum Gasteiger partial charge on any atom is -0.481 e. The molecule has 0 radical (unpaired) electrons. The molecule has 19 heavy (non-hydrogen) atoms. The van der Waals surface area contributed by atoms with Gasteiger partial charge in [-0.2, -0.15) is 0 Å². The maximum Gasteiger partial charge on any atom is 0.306 e. The van der Waals surface area contributed by atoms with Crippen molar-refractivity contribution in [3.8, 4) is 0 Å². The van der Waals surface area contributed by atoms with E-state index in [1.807, 2.05) is 4.90 Å². The zero-order chi connectivity index (χ0) is 13.4. The van der Waals surface area contributed by atoms with E-state index in [4.69, 9.17) is 5.11 Å². The third kappa shape index (κ3) is 2.39. The highest BCUT2D eigenvalue weighted by molar-refractivity contribution is 7.10. The molecule has 0 aromatic carbocycles. The molecule has 2 aliphatic rings. The first-order valence-electron chi connectivity index (χ1n) is 6.72. The summed E-state index contributed by atoms with van der Waals surface area (Å²) in [5.41, 5.74) is 1.36. The largest absolute Gasteiger partial charge is 0.481 e. The van der Waals surface area contributed by atoms with Gasteiger partial charge in [0.05, 0.1) is 12.5 Å². The smallest absolute Gasteiger partial charge is 0.306 e. The molecule has 0 unspecified atom stereocenters. The van der Waals surface area contributed by atoms with E-state index >= 15 is 0 Å². The zero-order valence-corrected chi connectivity index (χ0v) is 11.5. The van der Waals surface area contributed by atoms with Crippen LogP contribution in [0, 0.1) is 11.8 Å². The van der Waals surface area contributed by atoms with Crippen LogP contribution in [0.5, 0.6) is 0 Å². The fourth-order valence-electron chi connectivity index (χ4n) is 3.11. The van der Waals surface area contributed by atoms with Crippen molar-refractivity contribution < 1.29 is 14.7 Å². The molecule has 1 aliphatic carbocycles. The fraction of sp³-hybridized carbons (Fsp3) is 0.571. The number of thiophene rings is 1. The Bertz CT molecular complexity index is 511. The van der Waals surface area contributed by atoms with Gasteiger partial charge in [0.25, 0.3) is 0 Å². The lowest BCUT2D eigenvalue weighted by molar-refractivity contribution is -0.141. The first-order chi connectivity index (χ1) is 9.15. The second-order valence-electron chi connectivity index (χ2n) is 5.42. The quantitative estimate of drug-likeness (QED) is 0.902. The van der Waals surface area contributed by atoms with E-state index in [1.165, 1.54) is 10.4 Å². The predicted molar refractivity (Wildman–Crippen MR) is 71.9 cm³/mol. The molecule has 5 heteroatoms. The summed E-state index contributed by atoms with van der Waals surface area (Å²) < 4.78 is 0. The first kappa shape index (κ1) is 12.7. The predicted octanol–water partition coefficient (Wildman–Crippen LogP) is 2.13. The second-order valence-corrected chi connectivity index (χ2v) is 6.42. The highest BCUT2D eigenvalue weighted by atomic mass is 32.1. The van der Waals surface area contributed by atoms with Crippen molar-refractivity contribution >= 4 is 23.2 Å². The Morgan fingerprint density at radius 3 is 2.84 bits per heavy atom. The number of hydrogen-bond acceptors (Lipinski definition) is 3. The van der Waals surface area contributed by atoms with E-state index < -0.39 is 5.97 Å². The van der Waals surface area contributed by atoms with Crippen LogP contribution in [-0.4, -0.2) is 28.4 Å². The molecule has 0 spiro atoms. The molecule has 2 heterocycles. The molecule has 102 valence electrons. The lowest BCUT2D eigenvalue weighted by Crippen LogP contribution is -2.38. The standard InChI is InChI=1S/C14H17NO3S/c16-13(10-1-2-11(7-10)14(17)18)15-5-3-9-4-6-19-12(9)8-15/h4,6,10-11H,1-3,5,7-8H2,(H,17,18)/t10-,11+/m0/s1. The zero-order valence-electron chi connectivity index (χ0n) is 10.7. The molecule has 1 fully saturated rings. The number of carboxylic acid groups (broad SMARTS) is 1. The fourth-order valence-corrected chi connectivity index (χ4v) is 4.06. The molecule has 2 atom stereocenters. The summed E-state index contributed by atoms with van der Waals surface area (Å²) in [6.07, 6.45) is 2.81. The number of nitrogens with zero attached hydrogens (tertiary/aromatic N) is 1. The summed E-state index contributed by atoms with van der Waals surface area (Å²) in [5, 5.41) is 11.1. The molecule has 0 saturated heterocycles. The van der Waals surface area contributed by atoms with Gasteiger partial charge in [-0.3, -0.25) is 9.59 Å². The van der Waals surface area contributed by atoms with E-state index in [9.17, 15) is 9.59 Å². The van der Waals surface area contributed by atoms with E-state index in [2.05, 4.69) is 11.4 Å². The Hall–Kier alpha value is -1.36. The number of carboxylic acids is 1. The van der Waals surface area contributed by atoms with Crippen LogP contribution in [0.3, 0.4) is 0 Å². The Balaban J connectivity index is 1.65. The molecule has 1 aromatic heterocycles. The van der Waals surface area contributed by atoms with Crippen molar-refractivity contribution in [2.45, 2.75) is 32.2 Å². The molecule has 3 rings (SSSR count). The van der Waals surface area contributed by atoms with E-state index in [1.54, 1.807) is 11.3 Å². The van der Waals surface area contributed by atoms with E-state index in [0.29, 0.717) is 19.4 Å². The summed E-state index contributed by atoms with van der Waals surface area (Å²) in [4.78, 5) is 26.6. The van der Waals surface area contributed by atoms with Crippen LogP contribution >= 0.6 is 11.3 Å². The molecule has 1 saturated carbocycles. The van der Waals surface area contributed by atoms with Gasteiger partial charge in [0.2, 0.25) is 5.91 Å². The minimum atomic E-state index is -0.755. The van der Waals surface area contributed by atoms with Crippen LogP contribution in [0.4, 0.5) is 0 Å². The Kier molecular flexibility index (Phi) is 3.31. The monoisotopic (exact) mass is 279 g/mol. The molecule has 1 aliphatic heterocycles. The van der Waals surface area contributed by atoms with Crippen molar-refractivity contribution in [2.24, 2.45) is 11.8 Å². The Labute approximate surface area is 116 Å². The maximum absolute atomic E-state index is 12.4. The summed E-state index contributed by atoms with van der Waals surface area (Å²) in [6, 6.07) is 2.14. The number of amides is 1. The topological polar surface area (TPSA) is 57.6 Å². The van der Waals surface area contributed by atoms with Crippen molar-refractivity contribution in [2.75, 3.05) is 6.54 Å². The number of hydrogen-bond donors (Lipinski definition) is 1. The van der Waals surface area contributed by atoms with Crippen LogP contribution in [0.25, 0.3) is 0 Å². The van der Waals surface area contributed by atoms with Crippen LogP contribution in [0.1, 0.15) is 29.7 Å². The first-order valence-corrected chi connectivity index (χ1v) is 7.60. The summed E-state index contributed by atoms with van der Waals surface area (Å²) in [7, 11) is 0. The van der Waals surface area contributed by atoms with Crippen molar-refractivity contribution in [3.63, 3.8) is 0 Å². The van der Waals surface area contributed by atoms with Gasteiger partial charge < -0.3 is 10.0 Å². The summed E-state index contributed by atoms with van der Waals surface area (Å²) >= 11 is 1.71. The second kappa shape index (κ2) is 4.96. The maximum atomic E-state index is 12.4. The normalized spacial score (nSPS) is 26.2. The van der Waals surface area contributed by atoms with Crippen molar-refractivity contribution in [3.05, 3.63) is 21.9 Å². The molecule has 1 amide bonds. The highest BCUT2D eigenvalue weighted by Gasteiger charge is 2.36. The average molecular weight is 279 g/mol. The molecular weight excluding hydrogens is 262 g/mol. The number of rotatable bonds is 2. The summed E-state index contributed by atoms with van der Waals surface area (Å²) in [6.45, 7) is 1.48. The van der Waals surface area contributed by atoms with Crippen LogP contribution in [0.2, 0.25) is 0 Å². The number of carbonyl (C=O) groups is 2. The highest BCUT2D eigenvalue weighted by Crippen LogP contribution is 2.34. The van der Waals surface area contributed by atoms with Crippen molar-refractivity contribution in [1.29, 1.82) is 0 Å². The molecule has 1 aromatic rings. The average Bonchev–Trinajstić information content (AvgIpc) is 3.06. The van der Waals surface area contributed by atoms with Crippen molar-refractivity contribution in [1.82, 2.24) is 4.90 Å². The number of aliphatic carboxylic acids is 1. The molecule has 0 bridgehead atoms. The van der Waals surface area contributed by atoms with Crippen LogP contribution < -0.4 is 0 Å². The Morgan fingerprint density at radius 1 is 1.32 bits per heavy atom. The van der Waals surface area contributed by atoms with Gasteiger partial charge >= 0.3 is 5.97 Å². The van der Waals surface area contributed by atoms with Crippen LogP contribution in [0.15, 0.2) is 11.4 Å². The van der Waals surface area contributed by atoms with E-state index in [0.717, 1.165) is 19.4 Å². The summed E-state index contributed by atoms with van der Waals surface area (Å²) in [5.74, 6) is -1.00. The lowest BCUT2D eigenvalue weighted by atomic mass is 10.0. The van der Waals surface area contributed by atoms with E-state index in [-0.39, 0.29) is 17.7 Å². The number of fused-ring (bicyclic) bond motifs is 1. The van der Waals surface area contributed by atoms with Crippen LogP contribution in [-0.2, 0) is 22.6 Å². The minimum absolute atomic E-state index is 0.0809. The Morgan fingerprint density at radius 2 is 2.11 bits per heavy atom. The molecule has 1 N–H and O–H groups in total. The van der Waals surface area contributed by atoms with Gasteiger partial charge in [-0.05, 0) is 42.7 Å². The molecular formula is C14H17NO3S. The lowest BCUT2D eigenvalue weighted by Gasteiger charge is -2.29. The van der Waals surface area contributed by atoms with Gasteiger partial charge in [-0.1, -0.05) is 0 Å². The van der Waals surface area contributed by atoms with Gasteiger partial charge in [-0.15, -0.1) is 11.3 Å². The molecule has 4 nitrogen and oxygen atoms in total. The SMILES string of the molecule is O=C(O)[C@@H]1CC[C@H](C(=O)N2CCc3ccsc3C2)C1. The third-order valence-electron chi connectivity index (χ3n) is 4.27. The van der Waals surface area contributed by atoms with Gasteiger partial charge in [-0.25, -0.2) is 0 Å². The third-order valence-corrected chi connectivity index (χ3v) is 5.21. The van der Waals surface area contributed by atoms with Gasteiger partial charge in [0.15, 0.2) is 0 Å². The van der Waals surface area contributed by atoms with Gasteiger partial charge in [0, 0.05) is 17.3 Å². The van der Waals surface area contributed by atoms with Gasteiger partial charge in [0.1, 0.15) is 0 Å². The number of carbonyl (C=O) groups excluding carboxylic acids is 1.